The standard InChI is InChI=1S/C21H30N8O/c1-13-6-7-17(23-10-13)24-20-19-18(16(4)27-29(19)8-9-30-5)25-21(26-20)28-12-14(2)22-11-15(28)3/h6-7,10,14-15,22H,8-9,11-12H2,1-5H3,(H,23,24,25,26)/t14-,15+/m0/s1. The largest absolute Gasteiger partial charge is 0.383 e. The first-order valence-electron chi connectivity index (χ1n) is 10.4. The second-order valence-electron chi connectivity index (χ2n) is 8.03. The number of fused-ring (bicyclic) bond motifs is 1. The van der Waals surface area contributed by atoms with Gasteiger partial charge in [-0.05, 0) is 39.3 Å². The number of anilines is 3. The van der Waals surface area contributed by atoms with Gasteiger partial charge in [-0.3, -0.25) is 4.68 Å². The Morgan fingerprint density at radius 1 is 1.23 bits per heavy atom. The first kappa shape index (κ1) is 20.5. The van der Waals surface area contributed by atoms with Crippen molar-refractivity contribution in [3.05, 3.63) is 29.6 Å². The van der Waals surface area contributed by atoms with Gasteiger partial charge in [-0.1, -0.05) is 6.07 Å². The summed E-state index contributed by atoms with van der Waals surface area (Å²) in [5, 5.41) is 11.6. The highest BCUT2D eigenvalue weighted by Gasteiger charge is 2.27. The van der Waals surface area contributed by atoms with Crippen molar-refractivity contribution in [1.82, 2.24) is 30.0 Å². The molecule has 1 fully saturated rings. The van der Waals surface area contributed by atoms with E-state index in [0.29, 0.717) is 37.0 Å². The van der Waals surface area contributed by atoms with Gasteiger partial charge in [0.05, 0.1) is 18.8 Å². The molecule has 0 unspecified atom stereocenters. The summed E-state index contributed by atoms with van der Waals surface area (Å²) in [5.74, 6) is 2.17. The summed E-state index contributed by atoms with van der Waals surface area (Å²) in [4.78, 5) is 16.6. The van der Waals surface area contributed by atoms with Crippen LogP contribution in [0.25, 0.3) is 11.0 Å². The summed E-state index contributed by atoms with van der Waals surface area (Å²) in [6.07, 6.45) is 1.84. The van der Waals surface area contributed by atoms with Crippen molar-refractivity contribution < 1.29 is 4.74 Å². The number of hydrogen-bond acceptors (Lipinski definition) is 8. The van der Waals surface area contributed by atoms with Gasteiger partial charge in [-0.2, -0.15) is 10.1 Å². The quantitative estimate of drug-likeness (QED) is 0.640. The summed E-state index contributed by atoms with van der Waals surface area (Å²) in [6, 6.07) is 4.66. The van der Waals surface area contributed by atoms with Crippen molar-refractivity contribution in [1.29, 1.82) is 0 Å². The second-order valence-corrected chi connectivity index (χ2v) is 8.03. The van der Waals surface area contributed by atoms with Crippen LogP contribution < -0.4 is 15.5 Å². The monoisotopic (exact) mass is 410 g/mol. The molecule has 9 nitrogen and oxygen atoms in total. The number of hydrogen-bond donors (Lipinski definition) is 2. The maximum Gasteiger partial charge on any atom is 0.228 e. The second kappa shape index (κ2) is 8.53. The van der Waals surface area contributed by atoms with Crippen LogP contribution in [0.15, 0.2) is 18.3 Å². The minimum absolute atomic E-state index is 0.299. The van der Waals surface area contributed by atoms with Gasteiger partial charge in [-0.25, -0.2) is 9.97 Å². The van der Waals surface area contributed by atoms with Crippen molar-refractivity contribution in [2.24, 2.45) is 0 Å². The minimum atomic E-state index is 0.299. The molecule has 0 amide bonds. The third kappa shape index (κ3) is 4.08. The van der Waals surface area contributed by atoms with E-state index in [2.05, 4.69) is 34.4 Å². The van der Waals surface area contributed by atoms with Gasteiger partial charge in [0.25, 0.3) is 0 Å². The summed E-state index contributed by atoms with van der Waals surface area (Å²) < 4.78 is 7.19. The lowest BCUT2D eigenvalue weighted by molar-refractivity contribution is 0.185. The lowest BCUT2D eigenvalue weighted by atomic mass is 10.1. The van der Waals surface area contributed by atoms with Crippen molar-refractivity contribution in [2.75, 3.05) is 37.0 Å². The number of nitrogens with one attached hydrogen (secondary N) is 2. The number of aromatic nitrogens is 5. The molecule has 9 heteroatoms. The van der Waals surface area contributed by atoms with E-state index >= 15 is 0 Å². The van der Waals surface area contributed by atoms with Gasteiger partial charge in [0.1, 0.15) is 16.9 Å². The molecule has 3 aromatic rings. The van der Waals surface area contributed by atoms with E-state index in [1.54, 1.807) is 7.11 Å². The lowest BCUT2D eigenvalue weighted by Crippen LogP contribution is -2.55. The average molecular weight is 411 g/mol. The highest BCUT2D eigenvalue weighted by atomic mass is 16.5. The highest BCUT2D eigenvalue weighted by Crippen LogP contribution is 2.29. The fourth-order valence-electron chi connectivity index (χ4n) is 3.74. The molecule has 0 aliphatic carbocycles. The van der Waals surface area contributed by atoms with E-state index in [0.717, 1.165) is 41.2 Å². The van der Waals surface area contributed by atoms with Crippen LogP contribution in [0, 0.1) is 13.8 Å². The van der Waals surface area contributed by atoms with Crippen LogP contribution in [0.5, 0.6) is 0 Å². The van der Waals surface area contributed by atoms with E-state index in [4.69, 9.17) is 19.8 Å². The van der Waals surface area contributed by atoms with Crippen molar-refractivity contribution in [2.45, 2.75) is 46.3 Å². The van der Waals surface area contributed by atoms with E-state index in [-0.39, 0.29) is 0 Å². The first-order chi connectivity index (χ1) is 14.5. The van der Waals surface area contributed by atoms with Crippen LogP contribution in [-0.2, 0) is 11.3 Å². The Bertz CT molecular complexity index is 1020. The average Bonchev–Trinajstić information content (AvgIpc) is 3.05. The number of methoxy groups -OCH3 is 1. The molecule has 0 aromatic carbocycles. The van der Waals surface area contributed by atoms with Gasteiger partial charge in [0.15, 0.2) is 5.82 Å². The topological polar surface area (TPSA) is 93.0 Å². The molecule has 1 aliphatic heterocycles. The van der Waals surface area contributed by atoms with Gasteiger partial charge >= 0.3 is 0 Å². The third-order valence-electron chi connectivity index (χ3n) is 5.43. The molecular formula is C21H30N8O. The van der Waals surface area contributed by atoms with E-state index in [9.17, 15) is 0 Å². The van der Waals surface area contributed by atoms with Gasteiger partial charge < -0.3 is 20.3 Å². The van der Waals surface area contributed by atoms with Crippen LogP contribution in [0.4, 0.5) is 17.6 Å². The molecule has 160 valence electrons. The van der Waals surface area contributed by atoms with Gasteiger partial charge in [0.2, 0.25) is 5.95 Å². The maximum atomic E-state index is 5.27. The fourth-order valence-corrected chi connectivity index (χ4v) is 3.74. The summed E-state index contributed by atoms with van der Waals surface area (Å²) in [6.45, 7) is 11.3. The third-order valence-corrected chi connectivity index (χ3v) is 5.43. The normalized spacial score (nSPS) is 19.4. The molecule has 0 spiro atoms. The van der Waals surface area contributed by atoms with Crippen LogP contribution in [0.1, 0.15) is 25.1 Å². The molecular weight excluding hydrogens is 380 g/mol. The molecule has 3 aromatic heterocycles. The number of ether oxygens (including phenoxy) is 1. The molecule has 0 radical (unpaired) electrons. The molecule has 1 saturated heterocycles. The molecule has 0 bridgehead atoms. The lowest BCUT2D eigenvalue weighted by Gasteiger charge is -2.37. The summed E-state index contributed by atoms with van der Waals surface area (Å²) in [7, 11) is 1.69. The van der Waals surface area contributed by atoms with Crippen molar-refractivity contribution in [3.63, 3.8) is 0 Å². The Balaban J connectivity index is 1.82. The van der Waals surface area contributed by atoms with E-state index in [1.165, 1.54) is 0 Å². The molecule has 4 heterocycles. The predicted molar refractivity (Wildman–Crippen MR) is 118 cm³/mol. The van der Waals surface area contributed by atoms with E-state index in [1.807, 2.05) is 36.9 Å². The predicted octanol–water partition coefficient (Wildman–Crippen LogP) is 2.41. The Morgan fingerprint density at radius 3 is 2.80 bits per heavy atom. The molecule has 2 N–H and O–H groups in total. The zero-order valence-electron chi connectivity index (χ0n) is 18.3. The SMILES string of the molecule is COCCn1nc(C)c2nc(N3C[C@H](C)NC[C@H]3C)nc(Nc3ccc(C)cn3)c21. The number of pyridine rings is 1. The van der Waals surface area contributed by atoms with E-state index < -0.39 is 0 Å². The Kier molecular flexibility index (Phi) is 5.83. The highest BCUT2D eigenvalue weighted by molar-refractivity contribution is 5.90. The van der Waals surface area contributed by atoms with Gasteiger partial charge in [-0.15, -0.1) is 0 Å². The van der Waals surface area contributed by atoms with Crippen LogP contribution in [-0.4, -0.2) is 63.6 Å². The van der Waals surface area contributed by atoms with Crippen molar-refractivity contribution >= 4 is 28.6 Å². The molecule has 4 rings (SSSR count). The molecule has 0 saturated carbocycles. The Labute approximate surface area is 176 Å². The molecule has 30 heavy (non-hydrogen) atoms. The van der Waals surface area contributed by atoms with Crippen LogP contribution >= 0.6 is 0 Å². The molecule has 2 atom stereocenters. The smallest absolute Gasteiger partial charge is 0.228 e. The Hall–Kier alpha value is -2.78. The number of rotatable bonds is 6. The summed E-state index contributed by atoms with van der Waals surface area (Å²) in [5.41, 5.74) is 3.70. The van der Waals surface area contributed by atoms with Crippen LogP contribution in [0.2, 0.25) is 0 Å². The molecule has 1 aliphatic rings. The number of piperazine rings is 1. The van der Waals surface area contributed by atoms with Gasteiger partial charge in [0, 0.05) is 38.5 Å². The fraction of sp³-hybridized carbons (Fsp3) is 0.524. The zero-order valence-corrected chi connectivity index (χ0v) is 18.3. The number of aryl methyl sites for hydroxylation is 2. The zero-order chi connectivity index (χ0) is 21.3. The minimum Gasteiger partial charge on any atom is -0.383 e. The maximum absolute atomic E-state index is 5.27. The summed E-state index contributed by atoms with van der Waals surface area (Å²) >= 11 is 0. The number of nitrogens with zero attached hydrogens (tertiary/aromatic N) is 6. The first-order valence-corrected chi connectivity index (χ1v) is 10.4. The van der Waals surface area contributed by atoms with Crippen molar-refractivity contribution in [3.8, 4) is 0 Å². The van der Waals surface area contributed by atoms with Crippen LogP contribution in [0.3, 0.4) is 0 Å². The Morgan fingerprint density at radius 2 is 2.07 bits per heavy atom.